The molecule has 0 saturated heterocycles. The lowest BCUT2D eigenvalue weighted by Gasteiger charge is -2.09. The molecule has 4 nitrogen and oxygen atoms in total. The third-order valence-corrected chi connectivity index (χ3v) is 2.79. The molecule has 0 radical (unpaired) electrons. The summed E-state index contributed by atoms with van der Waals surface area (Å²) >= 11 is 0. The number of halogens is 2. The van der Waals surface area contributed by atoms with Crippen LogP contribution in [0.15, 0.2) is 36.4 Å². The molecule has 2 aromatic rings. The van der Waals surface area contributed by atoms with Gasteiger partial charge in [-0.2, -0.15) is 4.39 Å². The van der Waals surface area contributed by atoms with Gasteiger partial charge >= 0.3 is 5.69 Å². The van der Waals surface area contributed by atoms with Crippen LogP contribution in [0.4, 0.5) is 14.5 Å². The maximum absolute atomic E-state index is 13.8. The molecule has 0 atom stereocenters. The Hall–Kier alpha value is -2.50. The average Bonchev–Trinajstić information content (AvgIpc) is 2.41. The second-order valence-corrected chi connectivity index (χ2v) is 4.21. The highest BCUT2D eigenvalue weighted by Crippen LogP contribution is 2.23. The van der Waals surface area contributed by atoms with Crippen LogP contribution in [0.2, 0.25) is 0 Å². The zero-order chi connectivity index (χ0) is 14.7. The summed E-state index contributed by atoms with van der Waals surface area (Å²) in [5, 5.41) is 10.6. The molecule has 0 N–H and O–H groups in total. The number of rotatable bonds is 4. The maximum atomic E-state index is 13.8. The molecule has 0 aliphatic heterocycles. The lowest BCUT2D eigenvalue weighted by atomic mass is 10.2. The van der Waals surface area contributed by atoms with Crippen LogP contribution in [0.25, 0.3) is 0 Å². The number of nitrogens with zero attached hydrogens (tertiary/aromatic N) is 1. The first kappa shape index (κ1) is 13.9. The van der Waals surface area contributed by atoms with Gasteiger partial charge in [-0.25, -0.2) is 4.39 Å². The zero-order valence-corrected chi connectivity index (χ0v) is 10.6. The molecule has 0 fully saturated rings. The Balaban J connectivity index is 2.21. The molecule has 6 heteroatoms. The topological polar surface area (TPSA) is 52.4 Å². The third-order valence-electron chi connectivity index (χ3n) is 2.79. The number of nitro benzene ring substituents is 1. The summed E-state index contributed by atoms with van der Waals surface area (Å²) in [5.41, 5.74) is 0.127. The highest BCUT2D eigenvalue weighted by atomic mass is 19.1. The standard InChI is InChI=1S/C14H11F2NO3/c1-9-5-6-11(15)7-13(9)20-8-10-3-2-4-12(14(10)16)17(18)19/h2-7H,8H2,1H3. The van der Waals surface area contributed by atoms with Gasteiger partial charge in [-0.3, -0.25) is 10.1 Å². The van der Waals surface area contributed by atoms with Crippen molar-refractivity contribution < 1.29 is 18.4 Å². The van der Waals surface area contributed by atoms with Crippen molar-refractivity contribution in [3.8, 4) is 5.75 Å². The van der Waals surface area contributed by atoms with Crippen LogP contribution in [0.3, 0.4) is 0 Å². The molecule has 2 rings (SSSR count). The highest BCUT2D eigenvalue weighted by molar-refractivity contribution is 5.37. The van der Waals surface area contributed by atoms with Crippen molar-refractivity contribution in [1.29, 1.82) is 0 Å². The minimum atomic E-state index is -0.938. The molecule has 0 heterocycles. The number of hydrogen-bond donors (Lipinski definition) is 0. The molecule has 20 heavy (non-hydrogen) atoms. The van der Waals surface area contributed by atoms with Crippen molar-refractivity contribution >= 4 is 5.69 Å². The molecule has 2 aromatic carbocycles. The Labute approximate surface area is 113 Å². The summed E-state index contributed by atoms with van der Waals surface area (Å²) in [4.78, 5) is 9.82. The molecule has 0 bridgehead atoms. The molecule has 0 aliphatic rings. The van der Waals surface area contributed by atoms with Crippen molar-refractivity contribution in [1.82, 2.24) is 0 Å². The van der Waals surface area contributed by atoms with Crippen molar-refractivity contribution in [3.63, 3.8) is 0 Å². The van der Waals surface area contributed by atoms with Crippen molar-refractivity contribution in [2.24, 2.45) is 0 Å². The average molecular weight is 279 g/mol. The number of benzene rings is 2. The number of hydrogen-bond acceptors (Lipinski definition) is 3. The fraction of sp³-hybridized carbons (Fsp3) is 0.143. The monoisotopic (exact) mass is 279 g/mol. The predicted molar refractivity (Wildman–Crippen MR) is 68.5 cm³/mol. The summed E-state index contributed by atoms with van der Waals surface area (Å²) in [7, 11) is 0. The molecular formula is C14H11F2NO3. The van der Waals surface area contributed by atoms with E-state index in [1.54, 1.807) is 6.92 Å². The lowest BCUT2D eigenvalue weighted by Crippen LogP contribution is -2.02. The van der Waals surface area contributed by atoms with Gasteiger partial charge in [-0.05, 0) is 18.6 Å². The van der Waals surface area contributed by atoms with E-state index < -0.39 is 22.2 Å². The van der Waals surface area contributed by atoms with Gasteiger partial charge in [0.05, 0.1) is 4.92 Å². The molecule has 0 saturated carbocycles. The van der Waals surface area contributed by atoms with E-state index in [9.17, 15) is 18.9 Å². The third kappa shape index (κ3) is 2.90. The van der Waals surface area contributed by atoms with Gasteiger partial charge in [0.2, 0.25) is 5.82 Å². The molecule has 0 aliphatic carbocycles. The fourth-order valence-corrected chi connectivity index (χ4v) is 1.70. The Morgan fingerprint density at radius 3 is 2.70 bits per heavy atom. The first-order chi connectivity index (χ1) is 9.49. The fourth-order valence-electron chi connectivity index (χ4n) is 1.70. The highest BCUT2D eigenvalue weighted by Gasteiger charge is 2.17. The first-order valence-electron chi connectivity index (χ1n) is 5.80. The van der Waals surface area contributed by atoms with Crippen LogP contribution in [0, 0.1) is 28.7 Å². The van der Waals surface area contributed by atoms with Crippen LogP contribution >= 0.6 is 0 Å². The minimum Gasteiger partial charge on any atom is -0.488 e. The summed E-state index contributed by atoms with van der Waals surface area (Å²) in [6.07, 6.45) is 0. The largest absolute Gasteiger partial charge is 0.488 e. The maximum Gasteiger partial charge on any atom is 0.305 e. The van der Waals surface area contributed by atoms with Gasteiger partial charge in [0.15, 0.2) is 0 Å². The smallest absolute Gasteiger partial charge is 0.305 e. The van der Waals surface area contributed by atoms with Gasteiger partial charge in [0.25, 0.3) is 0 Å². The SMILES string of the molecule is Cc1ccc(F)cc1OCc1cccc([N+](=O)[O-])c1F. The van der Waals surface area contributed by atoms with Crippen LogP contribution < -0.4 is 4.74 Å². The normalized spacial score (nSPS) is 10.3. The Morgan fingerprint density at radius 1 is 1.25 bits per heavy atom. The molecule has 0 unspecified atom stereocenters. The van der Waals surface area contributed by atoms with E-state index >= 15 is 0 Å². The van der Waals surface area contributed by atoms with Gasteiger partial charge in [0, 0.05) is 17.7 Å². The van der Waals surface area contributed by atoms with E-state index in [2.05, 4.69) is 0 Å². The van der Waals surface area contributed by atoms with E-state index in [4.69, 9.17) is 4.74 Å². The summed E-state index contributed by atoms with van der Waals surface area (Å²) in [6, 6.07) is 7.84. The zero-order valence-electron chi connectivity index (χ0n) is 10.6. The second-order valence-electron chi connectivity index (χ2n) is 4.21. The first-order valence-corrected chi connectivity index (χ1v) is 5.80. The molecule has 0 amide bonds. The molecule has 0 aromatic heterocycles. The quantitative estimate of drug-likeness (QED) is 0.632. The molecular weight excluding hydrogens is 268 g/mol. The number of aryl methyl sites for hydroxylation is 1. The van der Waals surface area contributed by atoms with Crippen LogP contribution in [0.1, 0.15) is 11.1 Å². The Kier molecular flexibility index (Phi) is 3.93. The molecule has 104 valence electrons. The van der Waals surface area contributed by atoms with Gasteiger partial charge < -0.3 is 4.74 Å². The van der Waals surface area contributed by atoms with E-state index in [1.165, 1.54) is 30.3 Å². The van der Waals surface area contributed by atoms with Gasteiger partial charge in [0.1, 0.15) is 18.2 Å². The van der Waals surface area contributed by atoms with Crippen LogP contribution in [-0.2, 0) is 6.61 Å². The van der Waals surface area contributed by atoms with E-state index in [-0.39, 0.29) is 17.9 Å². The van der Waals surface area contributed by atoms with Gasteiger partial charge in [-0.1, -0.05) is 18.2 Å². The number of nitro groups is 1. The summed E-state index contributed by atoms with van der Waals surface area (Å²) < 4.78 is 32.2. The minimum absolute atomic E-state index is 0.0443. The van der Waals surface area contributed by atoms with Crippen LogP contribution in [0.5, 0.6) is 5.75 Å². The van der Waals surface area contributed by atoms with Crippen LogP contribution in [-0.4, -0.2) is 4.92 Å². The number of ether oxygens (including phenoxy) is 1. The van der Waals surface area contributed by atoms with Crippen molar-refractivity contribution in [2.45, 2.75) is 13.5 Å². The van der Waals surface area contributed by atoms with Gasteiger partial charge in [-0.15, -0.1) is 0 Å². The predicted octanol–water partition coefficient (Wildman–Crippen LogP) is 3.76. The van der Waals surface area contributed by atoms with Crippen molar-refractivity contribution in [3.05, 3.63) is 69.3 Å². The van der Waals surface area contributed by atoms with Crippen molar-refractivity contribution in [2.75, 3.05) is 0 Å². The molecule has 0 spiro atoms. The Morgan fingerprint density at radius 2 is 2.00 bits per heavy atom. The Bertz CT molecular complexity index is 659. The summed E-state index contributed by atoms with van der Waals surface area (Å²) in [5.74, 6) is -1.13. The van der Waals surface area contributed by atoms with E-state index in [1.807, 2.05) is 0 Å². The van der Waals surface area contributed by atoms with E-state index in [0.29, 0.717) is 5.56 Å². The lowest BCUT2D eigenvalue weighted by molar-refractivity contribution is -0.387. The summed E-state index contributed by atoms with van der Waals surface area (Å²) in [6.45, 7) is 1.51. The van der Waals surface area contributed by atoms with E-state index in [0.717, 1.165) is 6.07 Å². The second kappa shape index (κ2) is 5.64.